The van der Waals surface area contributed by atoms with Crippen molar-refractivity contribution in [1.82, 2.24) is 4.90 Å². The number of aliphatic imine (C=N–C) groups is 1. The zero-order chi connectivity index (χ0) is 14.3. The minimum absolute atomic E-state index is 0.0366. The fourth-order valence-corrected chi connectivity index (χ4v) is 2.36. The van der Waals surface area contributed by atoms with Crippen molar-refractivity contribution >= 4 is 11.6 Å². The molecule has 0 saturated heterocycles. The summed E-state index contributed by atoms with van der Waals surface area (Å²) in [4.78, 5) is 18.6. The second-order valence-corrected chi connectivity index (χ2v) is 6.18. The van der Waals surface area contributed by atoms with Gasteiger partial charge >= 0.3 is 0 Å². The summed E-state index contributed by atoms with van der Waals surface area (Å²) in [7, 11) is 0. The van der Waals surface area contributed by atoms with Gasteiger partial charge in [0.05, 0.1) is 11.1 Å². The highest BCUT2D eigenvalue weighted by molar-refractivity contribution is 6.38. The van der Waals surface area contributed by atoms with Crippen LogP contribution in [-0.4, -0.2) is 27.6 Å². The maximum atomic E-state index is 11.8. The van der Waals surface area contributed by atoms with Gasteiger partial charge in [0, 0.05) is 13.5 Å². The molecule has 1 aromatic carbocycles. The summed E-state index contributed by atoms with van der Waals surface area (Å²) in [5.41, 5.74) is 0.759. The highest BCUT2D eigenvalue weighted by Crippen LogP contribution is 2.38. The number of benzene rings is 1. The fourth-order valence-electron chi connectivity index (χ4n) is 2.36. The zero-order valence-corrected chi connectivity index (χ0v) is 12.4. The van der Waals surface area contributed by atoms with E-state index in [1.807, 2.05) is 18.2 Å². The Kier molecular flexibility index (Phi) is 3.25. The van der Waals surface area contributed by atoms with Crippen LogP contribution in [0.3, 0.4) is 0 Å². The van der Waals surface area contributed by atoms with Crippen molar-refractivity contribution in [2.24, 2.45) is 4.99 Å². The topological polar surface area (TPSA) is 32.7 Å². The van der Waals surface area contributed by atoms with Gasteiger partial charge in [-0.1, -0.05) is 30.3 Å². The van der Waals surface area contributed by atoms with Crippen molar-refractivity contribution in [3.8, 4) is 0 Å². The molecule has 3 heteroatoms. The Morgan fingerprint density at radius 1 is 1.16 bits per heavy atom. The van der Waals surface area contributed by atoms with E-state index in [-0.39, 0.29) is 16.9 Å². The highest BCUT2D eigenvalue weighted by atomic mass is 16.1. The van der Waals surface area contributed by atoms with Crippen molar-refractivity contribution in [2.45, 2.75) is 52.2 Å². The first-order chi connectivity index (χ1) is 8.75. The summed E-state index contributed by atoms with van der Waals surface area (Å²) in [5, 5.41) is 0. The smallest absolute Gasteiger partial charge is 0.194 e. The number of carbonyl (C=O) groups is 1. The monoisotopic (exact) mass is 258 g/mol. The van der Waals surface area contributed by atoms with Gasteiger partial charge in [0.25, 0.3) is 0 Å². The molecule has 1 aliphatic heterocycles. The van der Waals surface area contributed by atoms with Crippen molar-refractivity contribution in [2.75, 3.05) is 0 Å². The first-order valence-electron chi connectivity index (χ1n) is 6.68. The standard InChI is InChI=1S/C16H22N2O/c1-12(19)14-17-15(2,3)16(4,5)18(14)11-13-9-7-6-8-10-13/h6-10H,11H2,1-5H3. The molecule has 1 heterocycles. The Morgan fingerprint density at radius 2 is 1.74 bits per heavy atom. The van der Waals surface area contributed by atoms with Crippen molar-refractivity contribution < 1.29 is 4.79 Å². The van der Waals surface area contributed by atoms with Gasteiger partial charge in [-0.25, -0.2) is 0 Å². The molecule has 19 heavy (non-hydrogen) atoms. The van der Waals surface area contributed by atoms with Crippen LogP contribution >= 0.6 is 0 Å². The van der Waals surface area contributed by atoms with Crippen molar-refractivity contribution in [1.29, 1.82) is 0 Å². The average molecular weight is 258 g/mol. The Morgan fingerprint density at radius 3 is 2.26 bits per heavy atom. The van der Waals surface area contributed by atoms with Gasteiger partial charge in [-0.15, -0.1) is 0 Å². The lowest BCUT2D eigenvalue weighted by molar-refractivity contribution is -0.111. The van der Waals surface area contributed by atoms with Crippen molar-refractivity contribution in [3.05, 3.63) is 35.9 Å². The molecule has 0 bridgehead atoms. The van der Waals surface area contributed by atoms with Crippen LogP contribution in [0.2, 0.25) is 0 Å². The van der Waals surface area contributed by atoms with Gasteiger partial charge in [-0.3, -0.25) is 9.79 Å². The van der Waals surface area contributed by atoms with Crippen LogP contribution in [0.15, 0.2) is 35.3 Å². The molecule has 0 unspecified atom stereocenters. The lowest BCUT2D eigenvalue weighted by Gasteiger charge is -2.41. The quantitative estimate of drug-likeness (QED) is 0.834. The van der Waals surface area contributed by atoms with Crippen LogP contribution in [0.5, 0.6) is 0 Å². The summed E-state index contributed by atoms with van der Waals surface area (Å²) in [6.45, 7) is 10.8. The molecule has 0 amide bonds. The SMILES string of the molecule is CC(=O)C1=NC(C)(C)C(C)(C)N1Cc1ccccc1. The number of Topliss-reactive ketones (excluding diaryl/α,β-unsaturated/α-hetero) is 1. The lowest BCUT2D eigenvalue weighted by atomic mass is 9.83. The van der Waals surface area contributed by atoms with Crippen molar-refractivity contribution in [3.63, 3.8) is 0 Å². The number of ketones is 1. The molecule has 102 valence electrons. The average Bonchev–Trinajstić information content (AvgIpc) is 2.50. The van der Waals surface area contributed by atoms with E-state index in [2.05, 4.69) is 49.7 Å². The van der Waals surface area contributed by atoms with Gasteiger partial charge in [-0.05, 0) is 33.3 Å². The lowest BCUT2D eigenvalue weighted by Crippen LogP contribution is -2.53. The Hall–Kier alpha value is -1.64. The third-order valence-corrected chi connectivity index (χ3v) is 4.31. The summed E-state index contributed by atoms with van der Waals surface area (Å²) >= 11 is 0. The first kappa shape index (κ1) is 13.8. The number of carbonyl (C=O) groups excluding carboxylic acids is 1. The summed E-state index contributed by atoms with van der Waals surface area (Å²) in [5.74, 6) is 0.633. The molecule has 3 nitrogen and oxygen atoms in total. The van der Waals surface area contributed by atoms with E-state index in [4.69, 9.17) is 0 Å². The highest BCUT2D eigenvalue weighted by Gasteiger charge is 2.49. The maximum Gasteiger partial charge on any atom is 0.194 e. The normalized spacial score (nSPS) is 20.3. The molecule has 1 aromatic rings. The second-order valence-electron chi connectivity index (χ2n) is 6.18. The summed E-state index contributed by atoms with van der Waals surface area (Å²) in [6, 6.07) is 10.2. The Labute approximate surface area is 115 Å². The van der Waals surface area contributed by atoms with Gasteiger partial charge in [0.15, 0.2) is 11.6 Å². The van der Waals surface area contributed by atoms with Gasteiger partial charge in [-0.2, -0.15) is 0 Å². The number of rotatable bonds is 3. The predicted molar refractivity (Wildman–Crippen MR) is 78.3 cm³/mol. The molecule has 1 aliphatic rings. The van der Waals surface area contributed by atoms with Crippen LogP contribution < -0.4 is 0 Å². The number of nitrogens with zero attached hydrogens (tertiary/aromatic N) is 2. The molecule has 2 rings (SSSR count). The Balaban J connectivity index is 2.37. The van der Waals surface area contributed by atoms with E-state index in [0.717, 1.165) is 6.54 Å². The number of hydrogen-bond acceptors (Lipinski definition) is 3. The molecule has 0 radical (unpaired) electrons. The molecular formula is C16H22N2O. The van der Waals surface area contributed by atoms with E-state index < -0.39 is 0 Å². The van der Waals surface area contributed by atoms with E-state index >= 15 is 0 Å². The maximum absolute atomic E-state index is 11.8. The molecule has 0 aromatic heterocycles. The number of amidine groups is 1. The summed E-state index contributed by atoms with van der Waals surface area (Å²) in [6.07, 6.45) is 0. The Bertz CT molecular complexity index is 515. The van der Waals surface area contributed by atoms with Crippen LogP contribution in [-0.2, 0) is 11.3 Å². The van der Waals surface area contributed by atoms with Gasteiger partial charge in [0.2, 0.25) is 0 Å². The van der Waals surface area contributed by atoms with Gasteiger partial charge < -0.3 is 4.90 Å². The molecule has 0 N–H and O–H groups in total. The van der Waals surface area contributed by atoms with Crippen LogP contribution in [0.1, 0.15) is 40.2 Å². The third kappa shape index (κ3) is 2.29. The predicted octanol–water partition coefficient (Wildman–Crippen LogP) is 3.05. The molecule has 0 saturated carbocycles. The second kappa shape index (κ2) is 4.48. The van der Waals surface area contributed by atoms with E-state index in [1.165, 1.54) is 5.56 Å². The van der Waals surface area contributed by atoms with Crippen LogP contribution in [0.25, 0.3) is 0 Å². The van der Waals surface area contributed by atoms with E-state index in [1.54, 1.807) is 6.92 Å². The van der Waals surface area contributed by atoms with E-state index in [9.17, 15) is 4.79 Å². The third-order valence-electron chi connectivity index (χ3n) is 4.31. The zero-order valence-electron chi connectivity index (χ0n) is 12.4. The first-order valence-corrected chi connectivity index (χ1v) is 6.68. The van der Waals surface area contributed by atoms with Crippen LogP contribution in [0.4, 0.5) is 0 Å². The molecule has 0 aliphatic carbocycles. The van der Waals surface area contributed by atoms with Crippen LogP contribution in [0, 0.1) is 0 Å². The number of hydrogen-bond donors (Lipinski definition) is 0. The molecule has 0 atom stereocenters. The summed E-state index contributed by atoms with van der Waals surface area (Å²) < 4.78 is 0. The van der Waals surface area contributed by atoms with E-state index in [0.29, 0.717) is 5.84 Å². The minimum Gasteiger partial charge on any atom is -0.342 e. The molecule has 0 spiro atoms. The fraction of sp³-hybridized carbons (Fsp3) is 0.500. The molecular weight excluding hydrogens is 236 g/mol. The minimum atomic E-state index is -0.261. The molecule has 0 fully saturated rings. The van der Waals surface area contributed by atoms with Gasteiger partial charge in [0.1, 0.15) is 0 Å². The largest absolute Gasteiger partial charge is 0.342 e.